The molecule has 0 aromatic heterocycles. The van der Waals surface area contributed by atoms with E-state index in [0.29, 0.717) is 24.5 Å². The Morgan fingerprint density at radius 1 is 1.44 bits per heavy atom. The second-order valence-corrected chi connectivity index (χ2v) is 3.92. The van der Waals surface area contributed by atoms with E-state index in [0.717, 1.165) is 0 Å². The summed E-state index contributed by atoms with van der Waals surface area (Å²) in [5.41, 5.74) is 0.650. The third kappa shape index (κ3) is 4.10. The van der Waals surface area contributed by atoms with Crippen LogP contribution in [0.15, 0.2) is 24.3 Å². The van der Waals surface area contributed by atoms with Gasteiger partial charge in [0, 0.05) is 6.42 Å². The Balaban J connectivity index is 2.67. The predicted octanol–water partition coefficient (Wildman–Crippen LogP) is 2.96. The zero-order chi connectivity index (χ0) is 13.4. The highest BCUT2D eigenvalue weighted by atomic mass is 16.5. The summed E-state index contributed by atoms with van der Waals surface area (Å²) in [4.78, 5) is 11.8. The van der Waals surface area contributed by atoms with Gasteiger partial charge in [-0.25, -0.2) is 0 Å². The Morgan fingerprint density at radius 2 is 2.17 bits per heavy atom. The van der Waals surface area contributed by atoms with Crippen LogP contribution in [0.2, 0.25) is 0 Å². The van der Waals surface area contributed by atoms with Crippen molar-refractivity contribution in [2.45, 2.75) is 26.7 Å². The smallest absolute Gasteiger partial charge is 0.225 e. The van der Waals surface area contributed by atoms with Gasteiger partial charge in [-0.15, -0.1) is 0 Å². The van der Waals surface area contributed by atoms with Crippen LogP contribution < -0.4 is 10.1 Å². The van der Waals surface area contributed by atoms with Crippen LogP contribution in [0.5, 0.6) is 5.75 Å². The van der Waals surface area contributed by atoms with Crippen LogP contribution in [-0.2, 0) is 4.79 Å². The van der Waals surface area contributed by atoms with Crippen molar-refractivity contribution in [3.05, 3.63) is 24.3 Å². The van der Waals surface area contributed by atoms with Crippen LogP contribution in [-0.4, -0.2) is 12.5 Å². The lowest BCUT2D eigenvalue weighted by Gasteiger charge is -2.12. The van der Waals surface area contributed by atoms with Gasteiger partial charge >= 0.3 is 0 Å². The minimum Gasteiger partial charge on any atom is -0.492 e. The van der Waals surface area contributed by atoms with Crippen molar-refractivity contribution in [3.8, 4) is 11.8 Å². The molecular formula is C14H18N2O2. The summed E-state index contributed by atoms with van der Waals surface area (Å²) in [7, 11) is 0. The summed E-state index contributed by atoms with van der Waals surface area (Å²) < 4.78 is 5.42. The highest BCUT2D eigenvalue weighted by Crippen LogP contribution is 2.24. The van der Waals surface area contributed by atoms with Gasteiger partial charge in [-0.05, 0) is 25.5 Å². The van der Waals surface area contributed by atoms with E-state index in [1.165, 1.54) is 0 Å². The van der Waals surface area contributed by atoms with Crippen molar-refractivity contribution < 1.29 is 9.53 Å². The van der Waals surface area contributed by atoms with E-state index in [4.69, 9.17) is 10.00 Å². The van der Waals surface area contributed by atoms with Crippen LogP contribution in [0.1, 0.15) is 26.7 Å². The van der Waals surface area contributed by atoms with Crippen molar-refractivity contribution in [3.63, 3.8) is 0 Å². The number of amides is 1. The summed E-state index contributed by atoms with van der Waals surface area (Å²) in [6.07, 6.45) is 0.893. The zero-order valence-electron chi connectivity index (χ0n) is 10.8. The first-order valence-corrected chi connectivity index (χ1v) is 6.12. The molecule has 1 amide bonds. The number of para-hydroxylation sites is 2. The summed E-state index contributed by atoms with van der Waals surface area (Å²) >= 11 is 0. The maximum absolute atomic E-state index is 11.8. The number of carbonyl (C=O) groups excluding carboxylic acids is 1. The summed E-state index contributed by atoms with van der Waals surface area (Å²) in [6, 6.07) is 9.40. The topological polar surface area (TPSA) is 62.1 Å². The number of ether oxygens (including phenoxy) is 1. The largest absolute Gasteiger partial charge is 0.492 e. The van der Waals surface area contributed by atoms with Gasteiger partial charge in [0.1, 0.15) is 5.75 Å². The van der Waals surface area contributed by atoms with Crippen molar-refractivity contribution >= 4 is 11.6 Å². The summed E-state index contributed by atoms with van der Waals surface area (Å²) in [5.74, 6) is 0.262. The summed E-state index contributed by atoms with van der Waals surface area (Å²) in [6.45, 7) is 4.33. The van der Waals surface area contributed by atoms with Crippen molar-refractivity contribution in [1.82, 2.24) is 0 Å². The second kappa shape index (κ2) is 7.33. The molecule has 1 N–H and O–H groups in total. The van der Waals surface area contributed by atoms with Crippen LogP contribution in [0.4, 0.5) is 5.69 Å². The maximum Gasteiger partial charge on any atom is 0.225 e. The Kier molecular flexibility index (Phi) is 5.72. The van der Waals surface area contributed by atoms with Gasteiger partial charge in [0.15, 0.2) is 0 Å². The molecule has 4 nitrogen and oxygen atoms in total. The molecule has 18 heavy (non-hydrogen) atoms. The molecule has 4 heteroatoms. The molecule has 0 saturated carbocycles. The van der Waals surface area contributed by atoms with Gasteiger partial charge in [0.2, 0.25) is 5.91 Å². The maximum atomic E-state index is 11.8. The van der Waals surface area contributed by atoms with Crippen LogP contribution in [0.3, 0.4) is 0 Å². The molecule has 96 valence electrons. The molecule has 0 spiro atoms. The summed E-state index contributed by atoms with van der Waals surface area (Å²) in [5, 5.41) is 11.6. The third-order valence-corrected chi connectivity index (χ3v) is 2.57. The second-order valence-electron chi connectivity index (χ2n) is 3.92. The van der Waals surface area contributed by atoms with E-state index in [1.54, 1.807) is 12.1 Å². The first-order valence-electron chi connectivity index (χ1n) is 6.12. The molecule has 1 unspecified atom stereocenters. The number of benzene rings is 1. The SMILES string of the molecule is CCOc1ccccc1NC(=O)CC(C#N)CC. The first-order chi connectivity index (χ1) is 8.71. The molecule has 0 aliphatic rings. The minimum atomic E-state index is -0.232. The van der Waals surface area contributed by atoms with E-state index in [1.807, 2.05) is 26.0 Å². The molecule has 0 aliphatic heterocycles. The molecule has 1 aromatic carbocycles. The number of nitriles is 1. The Hall–Kier alpha value is -2.02. The van der Waals surface area contributed by atoms with E-state index >= 15 is 0 Å². The van der Waals surface area contributed by atoms with Gasteiger partial charge in [0.05, 0.1) is 24.3 Å². The standard InChI is InChI=1S/C14H18N2O2/c1-3-11(10-15)9-14(17)16-12-7-5-6-8-13(12)18-4-2/h5-8,11H,3-4,9H2,1-2H3,(H,16,17). The number of carbonyl (C=O) groups is 1. The van der Waals surface area contributed by atoms with Crippen LogP contribution in [0, 0.1) is 17.2 Å². The first kappa shape index (κ1) is 14.0. The number of hydrogen-bond donors (Lipinski definition) is 1. The Bertz CT molecular complexity index is 438. The Labute approximate surface area is 108 Å². The van der Waals surface area contributed by atoms with Crippen molar-refractivity contribution in [2.75, 3.05) is 11.9 Å². The molecule has 1 rings (SSSR count). The van der Waals surface area contributed by atoms with E-state index in [-0.39, 0.29) is 18.2 Å². The molecule has 0 fully saturated rings. The highest BCUT2D eigenvalue weighted by molar-refractivity contribution is 5.92. The predicted molar refractivity (Wildman–Crippen MR) is 70.3 cm³/mol. The van der Waals surface area contributed by atoms with Gasteiger partial charge < -0.3 is 10.1 Å². The van der Waals surface area contributed by atoms with Crippen molar-refractivity contribution in [2.24, 2.45) is 5.92 Å². The van der Waals surface area contributed by atoms with E-state index in [9.17, 15) is 4.79 Å². The lowest BCUT2D eigenvalue weighted by Crippen LogP contribution is -2.16. The quantitative estimate of drug-likeness (QED) is 0.839. The van der Waals surface area contributed by atoms with Crippen LogP contribution in [0.25, 0.3) is 0 Å². The lowest BCUT2D eigenvalue weighted by molar-refractivity contribution is -0.116. The molecule has 0 heterocycles. The Morgan fingerprint density at radius 3 is 2.78 bits per heavy atom. The fraction of sp³-hybridized carbons (Fsp3) is 0.429. The average Bonchev–Trinajstić information content (AvgIpc) is 2.38. The molecule has 1 atom stereocenters. The average molecular weight is 246 g/mol. The van der Waals surface area contributed by atoms with Crippen LogP contribution >= 0.6 is 0 Å². The molecular weight excluding hydrogens is 228 g/mol. The van der Waals surface area contributed by atoms with E-state index < -0.39 is 0 Å². The van der Waals surface area contributed by atoms with Gasteiger partial charge in [-0.1, -0.05) is 19.1 Å². The number of nitrogens with zero attached hydrogens (tertiary/aromatic N) is 1. The lowest BCUT2D eigenvalue weighted by atomic mass is 10.0. The molecule has 1 aromatic rings. The normalized spacial score (nSPS) is 11.4. The van der Waals surface area contributed by atoms with Gasteiger partial charge in [0.25, 0.3) is 0 Å². The number of anilines is 1. The number of nitrogens with one attached hydrogen (secondary N) is 1. The fourth-order valence-corrected chi connectivity index (χ4v) is 1.56. The third-order valence-electron chi connectivity index (χ3n) is 2.57. The molecule has 0 bridgehead atoms. The zero-order valence-corrected chi connectivity index (χ0v) is 10.8. The van der Waals surface area contributed by atoms with E-state index in [2.05, 4.69) is 11.4 Å². The molecule has 0 radical (unpaired) electrons. The monoisotopic (exact) mass is 246 g/mol. The van der Waals surface area contributed by atoms with Gasteiger partial charge in [-0.3, -0.25) is 4.79 Å². The number of hydrogen-bond acceptors (Lipinski definition) is 3. The minimum absolute atomic E-state index is 0.157. The molecule has 0 aliphatic carbocycles. The van der Waals surface area contributed by atoms with Gasteiger partial charge in [-0.2, -0.15) is 5.26 Å². The van der Waals surface area contributed by atoms with Crippen molar-refractivity contribution in [1.29, 1.82) is 5.26 Å². The number of rotatable bonds is 6. The molecule has 0 saturated heterocycles. The highest BCUT2D eigenvalue weighted by Gasteiger charge is 2.12. The fourth-order valence-electron chi connectivity index (χ4n) is 1.56.